The van der Waals surface area contributed by atoms with E-state index in [1.807, 2.05) is 0 Å². The van der Waals surface area contributed by atoms with Gasteiger partial charge >= 0.3 is 6.03 Å². The number of halogens is 1. The number of hydrogen-bond donors (Lipinski definition) is 2. The number of aromatic nitrogens is 1. The number of anilines is 1. The molecule has 2 aromatic rings. The van der Waals surface area contributed by atoms with Crippen LogP contribution in [-0.2, 0) is 16.0 Å². The van der Waals surface area contributed by atoms with E-state index in [1.54, 1.807) is 41.7 Å². The Balaban J connectivity index is 1.53. The molecule has 1 fully saturated rings. The normalized spacial score (nSPS) is 14.2. The molecule has 0 bridgehead atoms. The van der Waals surface area contributed by atoms with Crippen LogP contribution in [0.15, 0.2) is 29.6 Å². The van der Waals surface area contributed by atoms with Gasteiger partial charge in [-0.25, -0.2) is 9.78 Å². The summed E-state index contributed by atoms with van der Waals surface area (Å²) in [6.07, 6.45) is 0. The second-order valence-corrected chi connectivity index (χ2v) is 8.57. The standard InChI is InChI=1S/C21H28ClN5O4S/c1-30-10-9-27(21(29)24-17-4-2-3-16(22)13-17)14-19-25-18(15-32-19)20(28)23-5-6-26-7-11-31-12-8-26/h2-4,13,15H,5-12,14H2,1H3,(H,23,28)(H,24,29). The lowest BCUT2D eigenvalue weighted by molar-refractivity contribution is 0.0383. The molecule has 1 saturated heterocycles. The number of methoxy groups -OCH3 is 1. The van der Waals surface area contributed by atoms with Crippen LogP contribution < -0.4 is 10.6 Å². The summed E-state index contributed by atoms with van der Waals surface area (Å²) in [6, 6.07) is 6.65. The first-order valence-corrected chi connectivity index (χ1v) is 11.6. The van der Waals surface area contributed by atoms with Crippen molar-refractivity contribution in [3.05, 3.63) is 45.4 Å². The van der Waals surface area contributed by atoms with Gasteiger partial charge in [-0.1, -0.05) is 17.7 Å². The molecule has 1 aliphatic heterocycles. The first kappa shape index (κ1) is 24.4. The van der Waals surface area contributed by atoms with E-state index in [9.17, 15) is 9.59 Å². The SMILES string of the molecule is COCCN(Cc1nc(C(=O)NCCN2CCOCC2)cs1)C(=O)Nc1cccc(Cl)c1. The molecule has 0 saturated carbocycles. The van der Waals surface area contributed by atoms with Gasteiger partial charge in [-0.05, 0) is 18.2 Å². The van der Waals surface area contributed by atoms with Crippen LogP contribution in [0, 0.1) is 0 Å². The van der Waals surface area contributed by atoms with Gasteiger partial charge in [-0.15, -0.1) is 11.3 Å². The minimum Gasteiger partial charge on any atom is -0.383 e. The van der Waals surface area contributed by atoms with Crippen LogP contribution in [0.4, 0.5) is 10.5 Å². The molecule has 0 atom stereocenters. The molecule has 1 aliphatic rings. The number of nitrogens with zero attached hydrogens (tertiary/aromatic N) is 3. The maximum Gasteiger partial charge on any atom is 0.322 e. The molecule has 3 amide bonds. The second kappa shape index (κ2) is 12.7. The van der Waals surface area contributed by atoms with Crippen LogP contribution in [-0.4, -0.2) is 86.4 Å². The quantitative estimate of drug-likeness (QED) is 0.541. The summed E-state index contributed by atoms with van der Waals surface area (Å²) in [5, 5.41) is 8.65. The molecular formula is C21H28ClN5O4S. The lowest BCUT2D eigenvalue weighted by Gasteiger charge is -2.26. The van der Waals surface area contributed by atoms with Crippen molar-refractivity contribution in [2.24, 2.45) is 0 Å². The fourth-order valence-corrected chi connectivity index (χ4v) is 4.10. The van der Waals surface area contributed by atoms with Crippen molar-refractivity contribution in [1.29, 1.82) is 0 Å². The van der Waals surface area contributed by atoms with Gasteiger partial charge < -0.3 is 25.0 Å². The maximum absolute atomic E-state index is 12.8. The van der Waals surface area contributed by atoms with Crippen LogP contribution in [0.25, 0.3) is 0 Å². The van der Waals surface area contributed by atoms with E-state index >= 15 is 0 Å². The molecule has 1 aromatic heterocycles. The summed E-state index contributed by atoms with van der Waals surface area (Å²) in [7, 11) is 1.58. The van der Waals surface area contributed by atoms with Gasteiger partial charge in [0.2, 0.25) is 0 Å². The maximum atomic E-state index is 12.8. The highest BCUT2D eigenvalue weighted by Gasteiger charge is 2.18. The number of morpholine rings is 1. The molecule has 0 radical (unpaired) electrons. The average Bonchev–Trinajstić information content (AvgIpc) is 3.26. The second-order valence-electron chi connectivity index (χ2n) is 7.19. The Kier molecular flexibility index (Phi) is 9.69. The number of urea groups is 1. The Morgan fingerprint density at radius 1 is 1.34 bits per heavy atom. The zero-order valence-electron chi connectivity index (χ0n) is 18.0. The van der Waals surface area contributed by atoms with Crippen LogP contribution >= 0.6 is 22.9 Å². The minimum atomic E-state index is -0.295. The van der Waals surface area contributed by atoms with Crippen LogP contribution in [0.5, 0.6) is 0 Å². The molecule has 0 unspecified atom stereocenters. The first-order valence-electron chi connectivity index (χ1n) is 10.4. The molecule has 3 rings (SSSR count). The van der Waals surface area contributed by atoms with Crippen LogP contribution in [0.2, 0.25) is 5.02 Å². The highest BCUT2D eigenvalue weighted by atomic mass is 35.5. The molecule has 1 aromatic carbocycles. The van der Waals surface area contributed by atoms with E-state index in [1.165, 1.54) is 11.3 Å². The summed E-state index contributed by atoms with van der Waals surface area (Å²) in [5.74, 6) is -0.215. The fraction of sp³-hybridized carbons (Fsp3) is 0.476. The van der Waals surface area contributed by atoms with Crippen molar-refractivity contribution < 1.29 is 19.1 Å². The van der Waals surface area contributed by atoms with Gasteiger partial charge in [0.25, 0.3) is 5.91 Å². The predicted octanol–water partition coefficient (Wildman–Crippen LogP) is 2.54. The van der Waals surface area contributed by atoms with Crippen LogP contribution in [0.1, 0.15) is 15.5 Å². The lowest BCUT2D eigenvalue weighted by Crippen LogP contribution is -2.41. The number of amides is 3. The Hall–Kier alpha value is -2.24. The number of ether oxygens (including phenoxy) is 2. The number of carbonyl (C=O) groups is 2. The highest BCUT2D eigenvalue weighted by Crippen LogP contribution is 2.17. The molecule has 2 N–H and O–H groups in total. The van der Waals surface area contributed by atoms with Gasteiger partial charge in [0, 0.05) is 55.9 Å². The monoisotopic (exact) mass is 481 g/mol. The third-order valence-corrected chi connectivity index (χ3v) is 5.92. The van der Waals surface area contributed by atoms with Gasteiger partial charge in [0.15, 0.2) is 0 Å². The van der Waals surface area contributed by atoms with Crippen molar-refractivity contribution in [1.82, 2.24) is 20.1 Å². The Labute approximate surface area is 196 Å². The van der Waals surface area contributed by atoms with E-state index in [-0.39, 0.29) is 18.5 Å². The number of nitrogens with one attached hydrogen (secondary N) is 2. The predicted molar refractivity (Wildman–Crippen MR) is 124 cm³/mol. The van der Waals surface area contributed by atoms with Crippen molar-refractivity contribution >= 4 is 40.6 Å². The summed E-state index contributed by atoms with van der Waals surface area (Å²) >= 11 is 7.34. The van der Waals surface area contributed by atoms with Crippen LogP contribution in [0.3, 0.4) is 0 Å². The van der Waals surface area contributed by atoms with E-state index in [4.69, 9.17) is 21.1 Å². The number of rotatable bonds is 10. The molecule has 0 spiro atoms. The summed E-state index contributed by atoms with van der Waals surface area (Å²) in [4.78, 5) is 33.5. The van der Waals surface area contributed by atoms with Crippen molar-refractivity contribution in [3.63, 3.8) is 0 Å². The van der Waals surface area contributed by atoms with E-state index in [2.05, 4.69) is 20.5 Å². The summed E-state index contributed by atoms with van der Waals surface area (Å²) < 4.78 is 10.5. The molecule has 11 heteroatoms. The smallest absolute Gasteiger partial charge is 0.322 e. The zero-order valence-corrected chi connectivity index (χ0v) is 19.6. The number of carbonyl (C=O) groups excluding carboxylic acids is 2. The summed E-state index contributed by atoms with van der Waals surface area (Å²) in [6.45, 7) is 5.57. The molecular weight excluding hydrogens is 454 g/mol. The minimum absolute atomic E-state index is 0.215. The van der Waals surface area contributed by atoms with Gasteiger partial charge in [0.05, 0.1) is 26.4 Å². The average molecular weight is 482 g/mol. The van der Waals surface area contributed by atoms with Gasteiger partial charge in [-0.2, -0.15) is 0 Å². The van der Waals surface area contributed by atoms with Gasteiger partial charge in [0.1, 0.15) is 10.7 Å². The first-order chi connectivity index (χ1) is 15.5. The third kappa shape index (κ3) is 7.72. The topological polar surface area (TPSA) is 96.0 Å². The van der Waals surface area contributed by atoms with E-state index < -0.39 is 0 Å². The van der Waals surface area contributed by atoms with E-state index in [0.717, 1.165) is 32.8 Å². The number of thiazole rings is 1. The molecule has 32 heavy (non-hydrogen) atoms. The molecule has 0 aliphatic carbocycles. The molecule has 9 nitrogen and oxygen atoms in total. The molecule has 2 heterocycles. The Morgan fingerprint density at radius 2 is 2.16 bits per heavy atom. The fourth-order valence-electron chi connectivity index (χ4n) is 3.12. The number of benzene rings is 1. The lowest BCUT2D eigenvalue weighted by atomic mass is 10.3. The third-order valence-electron chi connectivity index (χ3n) is 4.86. The Morgan fingerprint density at radius 3 is 2.91 bits per heavy atom. The van der Waals surface area contributed by atoms with Crippen molar-refractivity contribution in [3.8, 4) is 0 Å². The highest BCUT2D eigenvalue weighted by molar-refractivity contribution is 7.09. The number of hydrogen-bond acceptors (Lipinski definition) is 7. The van der Waals surface area contributed by atoms with Crippen molar-refractivity contribution in [2.45, 2.75) is 6.54 Å². The van der Waals surface area contributed by atoms with Crippen molar-refractivity contribution in [2.75, 3.05) is 65.0 Å². The molecule has 174 valence electrons. The largest absolute Gasteiger partial charge is 0.383 e. The van der Waals surface area contributed by atoms with E-state index in [0.29, 0.717) is 41.1 Å². The van der Waals surface area contributed by atoms with Gasteiger partial charge in [-0.3, -0.25) is 9.69 Å². The Bertz CT molecular complexity index is 891. The zero-order chi connectivity index (χ0) is 22.8. The summed E-state index contributed by atoms with van der Waals surface area (Å²) in [5.41, 5.74) is 0.957.